The Kier molecular flexibility index (Phi) is 6.64. The number of rotatable bonds is 7. The number of likely N-dealkylation sites (tertiary alicyclic amines) is 1. The molecule has 1 aromatic heterocycles. The Morgan fingerprint density at radius 2 is 2.09 bits per heavy atom. The second-order valence-corrected chi connectivity index (χ2v) is 10.8. The van der Waals surface area contributed by atoms with E-state index in [0.717, 1.165) is 29.7 Å². The maximum absolute atomic E-state index is 13.7. The highest BCUT2D eigenvalue weighted by molar-refractivity contribution is 7.09. The van der Waals surface area contributed by atoms with Gasteiger partial charge in [0.05, 0.1) is 31.1 Å². The number of carbonyl (C=O) groups excluding carboxylic acids is 2. The molecule has 7 heteroatoms. The van der Waals surface area contributed by atoms with Gasteiger partial charge in [-0.3, -0.25) is 14.5 Å². The summed E-state index contributed by atoms with van der Waals surface area (Å²) in [6, 6.07) is 8.31. The van der Waals surface area contributed by atoms with Crippen molar-refractivity contribution in [3.63, 3.8) is 0 Å². The molecule has 0 saturated carbocycles. The number of fused-ring (bicyclic) bond motifs is 3. The number of imide groups is 1. The Hall–Kier alpha value is -2.77. The Bertz CT molecular complexity index is 1200. The van der Waals surface area contributed by atoms with Crippen LogP contribution >= 0.6 is 11.3 Å². The van der Waals surface area contributed by atoms with Crippen molar-refractivity contribution in [1.29, 1.82) is 0 Å². The van der Waals surface area contributed by atoms with E-state index in [1.165, 1.54) is 33.8 Å². The Morgan fingerprint density at radius 1 is 1.26 bits per heavy atom. The van der Waals surface area contributed by atoms with Gasteiger partial charge < -0.3 is 9.84 Å². The van der Waals surface area contributed by atoms with Crippen LogP contribution < -0.4 is 0 Å². The first kappa shape index (κ1) is 23.9. The van der Waals surface area contributed by atoms with E-state index in [9.17, 15) is 19.1 Å². The molecule has 35 heavy (non-hydrogen) atoms. The molecule has 2 aromatic rings. The zero-order valence-electron chi connectivity index (χ0n) is 20.0. The van der Waals surface area contributed by atoms with Gasteiger partial charge in [0.15, 0.2) is 11.6 Å². The number of ether oxygens (including phenoxy) is 1. The normalized spacial score (nSPS) is 26.5. The van der Waals surface area contributed by atoms with Gasteiger partial charge in [0.2, 0.25) is 11.8 Å². The molecular formula is C28H30FNO4S. The summed E-state index contributed by atoms with van der Waals surface area (Å²) >= 11 is 1.56. The number of carbonyl (C=O) groups is 2. The van der Waals surface area contributed by atoms with Gasteiger partial charge in [0.25, 0.3) is 0 Å². The summed E-state index contributed by atoms with van der Waals surface area (Å²) in [4.78, 5) is 29.0. The Balaban J connectivity index is 1.30. The van der Waals surface area contributed by atoms with Gasteiger partial charge in [0, 0.05) is 10.8 Å². The first-order valence-electron chi connectivity index (χ1n) is 12.2. The van der Waals surface area contributed by atoms with E-state index < -0.39 is 5.82 Å². The number of allylic oxidation sites excluding steroid dienone is 2. The molecule has 2 aliphatic heterocycles. The van der Waals surface area contributed by atoms with Gasteiger partial charge in [-0.2, -0.15) is 0 Å². The molecule has 0 radical (unpaired) electrons. The van der Waals surface area contributed by atoms with Gasteiger partial charge in [0.1, 0.15) is 0 Å². The van der Waals surface area contributed by atoms with Crippen molar-refractivity contribution in [2.24, 2.45) is 17.8 Å². The van der Waals surface area contributed by atoms with Crippen molar-refractivity contribution in [2.45, 2.75) is 52.2 Å². The zero-order valence-corrected chi connectivity index (χ0v) is 20.8. The SMILES string of the molecule is CC/C(=C\c1ccc(O)c(F)c1)CC[C@H]1OC[C@H]2C1=C(C)C[C@H]1C(=O)N(Cc3cccs3)C(=O)[C@H]12. The number of aromatic hydroxyl groups is 1. The number of phenolic OH excluding ortho intramolecular Hbond substituents is 1. The molecule has 1 aliphatic carbocycles. The highest BCUT2D eigenvalue weighted by Crippen LogP contribution is 2.50. The van der Waals surface area contributed by atoms with Gasteiger partial charge in [-0.15, -0.1) is 11.3 Å². The lowest BCUT2D eigenvalue weighted by Crippen LogP contribution is -2.34. The average Bonchev–Trinajstić information content (AvgIpc) is 3.56. The van der Waals surface area contributed by atoms with Gasteiger partial charge >= 0.3 is 0 Å². The number of amides is 2. The van der Waals surface area contributed by atoms with Crippen LogP contribution in [0.3, 0.4) is 0 Å². The summed E-state index contributed by atoms with van der Waals surface area (Å²) in [6.07, 6.45) is 4.91. The first-order valence-corrected chi connectivity index (χ1v) is 13.1. The second-order valence-electron chi connectivity index (χ2n) is 9.75. The van der Waals surface area contributed by atoms with Crippen LogP contribution in [-0.2, 0) is 20.9 Å². The van der Waals surface area contributed by atoms with Crippen LogP contribution in [0.25, 0.3) is 6.08 Å². The summed E-state index contributed by atoms with van der Waals surface area (Å²) in [5.41, 5.74) is 4.28. The van der Waals surface area contributed by atoms with E-state index in [1.54, 1.807) is 17.4 Å². The minimum absolute atomic E-state index is 0.0382. The average molecular weight is 496 g/mol. The molecule has 0 unspecified atom stereocenters. The van der Waals surface area contributed by atoms with Gasteiger partial charge in [-0.25, -0.2) is 4.39 Å². The van der Waals surface area contributed by atoms with Crippen LogP contribution in [0.2, 0.25) is 0 Å². The van der Waals surface area contributed by atoms with Crippen molar-refractivity contribution in [3.05, 3.63) is 68.7 Å². The Morgan fingerprint density at radius 3 is 2.80 bits per heavy atom. The van der Waals surface area contributed by atoms with Crippen molar-refractivity contribution < 1.29 is 23.8 Å². The third kappa shape index (κ3) is 4.47. The van der Waals surface area contributed by atoms with E-state index in [4.69, 9.17) is 4.74 Å². The molecule has 4 atom stereocenters. The number of benzene rings is 1. The number of hydrogen-bond donors (Lipinski definition) is 1. The van der Waals surface area contributed by atoms with Crippen LogP contribution in [0, 0.1) is 23.6 Å². The number of thiophene rings is 1. The predicted molar refractivity (Wildman–Crippen MR) is 133 cm³/mol. The fraction of sp³-hybridized carbons (Fsp3) is 0.429. The molecule has 2 amide bonds. The minimum Gasteiger partial charge on any atom is -0.505 e. The van der Waals surface area contributed by atoms with Crippen molar-refractivity contribution in [2.75, 3.05) is 6.61 Å². The van der Waals surface area contributed by atoms with Crippen LogP contribution in [0.1, 0.15) is 50.0 Å². The molecule has 2 fully saturated rings. The van der Waals surface area contributed by atoms with Gasteiger partial charge in [-0.05, 0) is 67.3 Å². The number of phenols is 1. The summed E-state index contributed by atoms with van der Waals surface area (Å²) in [6.45, 7) is 4.98. The molecule has 3 aliphatic rings. The van der Waals surface area contributed by atoms with Crippen LogP contribution in [0.15, 0.2) is 52.4 Å². The first-order chi connectivity index (χ1) is 16.9. The molecule has 5 rings (SSSR count). The molecule has 0 spiro atoms. The minimum atomic E-state index is -0.627. The maximum atomic E-state index is 13.7. The maximum Gasteiger partial charge on any atom is 0.234 e. The molecule has 1 N–H and O–H groups in total. The predicted octanol–water partition coefficient (Wildman–Crippen LogP) is 5.70. The van der Waals surface area contributed by atoms with E-state index in [-0.39, 0.29) is 41.4 Å². The van der Waals surface area contributed by atoms with Crippen molar-refractivity contribution in [3.8, 4) is 5.75 Å². The lowest BCUT2D eigenvalue weighted by molar-refractivity contribution is -0.140. The molecule has 3 heterocycles. The molecule has 5 nitrogen and oxygen atoms in total. The Labute approximate surface area is 208 Å². The third-order valence-corrected chi connectivity index (χ3v) is 8.52. The molecular weight excluding hydrogens is 465 g/mol. The number of halogens is 1. The van der Waals surface area contributed by atoms with E-state index in [2.05, 4.69) is 13.8 Å². The summed E-state index contributed by atoms with van der Waals surface area (Å²) in [7, 11) is 0. The van der Waals surface area contributed by atoms with Crippen molar-refractivity contribution in [1.82, 2.24) is 4.90 Å². The third-order valence-electron chi connectivity index (χ3n) is 7.66. The quantitative estimate of drug-likeness (QED) is 0.395. The van der Waals surface area contributed by atoms with Crippen LogP contribution in [0.5, 0.6) is 5.75 Å². The monoisotopic (exact) mass is 495 g/mol. The standard InChI is InChI=1S/C28H30FNO4S/c1-3-17(12-18-6-8-23(31)22(29)13-18)7-9-24-25-16(2)11-20-26(21(25)15-34-24)28(33)30(27(20)32)14-19-5-4-10-35-19/h4-6,8,10,12-13,20-21,24,26,31H,3,7,9,11,14-15H2,1-2H3/b17-12+/t20-,21+,24-,26-/m1/s1. The number of hydrogen-bond acceptors (Lipinski definition) is 5. The topological polar surface area (TPSA) is 66.8 Å². The summed E-state index contributed by atoms with van der Waals surface area (Å²) in [5.74, 6) is -1.73. The molecule has 0 bridgehead atoms. The lowest BCUT2D eigenvalue weighted by Gasteiger charge is -2.30. The lowest BCUT2D eigenvalue weighted by atomic mass is 9.70. The highest BCUT2D eigenvalue weighted by atomic mass is 32.1. The van der Waals surface area contributed by atoms with E-state index in [0.29, 0.717) is 19.6 Å². The van der Waals surface area contributed by atoms with E-state index >= 15 is 0 Å². The van der Waals surface area contributed by atoms with E-state index in [1.807, 2.05) is 23.6 Å². The fourth-order valence-electron chi connectivity index (χ4n) is 5.92. The van der Waals surface area contributed by atoms with Crippen LogP contribution in [-0.4, -0.2) is 34.5 Å². The largest absolute Gasteiger partial charge is 0.505 e. The molecule has 1 aromatic carbocycles. The summed E-state index contributed by atoms with van der Waals surface area (Å²) < 4.78 is 20.0. The van der Waals surface area contributed by atoms with Gasteiger partial charge in [-0.1, -0.05) is 36.3 Å². The second kappa shape index (κ2) is 9.70. The molecule has 2 saturated heterocycles. The fourth-order valence-corrected chi connectivity index (χ4v) is 6.62. The summed E-state index contributed by atoms with van der Waals surface area (Å²) in [5, 5.41) is 11.4. The van der Waals surface area contributed by atoms with Crippen molar-refractivity contribution >= 4 is 29.2 Å². The number of nitrogens with zero attached hydrogens (tertiary/aromatic N) is 1. The molecule has 184 valence electrons. The smallest absolute Gasteiger partial charge is 0.234 e. The highest BCUT2D eigenvalue weighted by Gasteiger charge is 2.56. The van der Waals surface area contributed by atoms with Crippen LogP contribution in [0.4, 0.5) is 4.39 Å². The zero-order chi connectivity index (χ0) is 24.7.